The molecule has 16 heavy (non-hydrogen) atoms. The lowest BCUT2D eigenvalue weighted by atomic mass is 10.2. The lowest BCUT2D eigenvalue weighted by Crippen LogP contribution is -2.08. The van der Waals surface area contributed by atoms with Gasteiger partial charge in [0.05, 0.1) is 11.5 Å². The van der Waals surface area contributed by atoms with Gasteiger partial charge in [0.1, 0.15) is 0 Å². The maximum absolute atomic E-state index is 13.2. The van der Waals surface area contributed by atoms with Crippen molar-refractivity contribution in [2.24, 2.45) is 5.73 Å². The predicted octanol–water partition coefficient (Wildman–Crippen LogP) is 1.60. The van der Waals surface area contributed by atoms with Gasteiger partial charge in [0.25, 0.3) is 0 Å². The molecule has 1 aromatic carbocycles. The van der Waals surface area contributed by atoms with Crippen molar-refractivity contribution in [2.45, 2.75) is 6.42 Å². The molecular weight excluding hydrogens is 222 g/mol. The molecule has 0 saturated heterocycles. The minimum Gasteiger partial charge on any atom is -0.485 e. The van der Waals surface area contributed by atoms with E-state index in [0.29, 0.717) is 19.0 Å². The SMILES string of the molecule is NCCCOc1c([N+](=O)[O-])ccc(F)c1F. The Bertz CT molecular complexity index is 399. The molecule has 0 amide bonds. The van der Waals surface area contributed by atoms with Crippen molar-refractivity contribution in [2.75, 3.05) is 13.2 Å². The van der Waals surface area contributed by atoms with Crippen LogP contribution in [0, 0.1) is 21.7 Å². The van der Waals surface area contributed by atoms with Gasteiger partial charge in [-0.05, 0) is 19.0 Å². The highest BCUT2D eigenvalue weighted by molar-refractivity contribution is 5.47. The van der Waals surface area contributed by atoms with E-state index in [9.17, 15) is 18.9 Å². The topological polar surface area (TPSA) is 78.4 Å². The first-order chi connectivity index (χ1) is 7.57. The average Bonchev–Trinajstić information content (AvgIpc) is 2.24. The molecule has 5 nitrogen and oxygen atoms in total. The Morgan fingerprint density at radius 2 is 2.12 bits per heavy atom. The molecule has 0 atom stereocenters. The summed E-state index contributed by atoms with van der Waals surface area (Å²) in [5, 5.41) is 10.5. The molecule has 0 aliphatic heterocycles. The second-order valence-electron chi connectivity index (χ2n) is 2.96. The highest BCUT2D eigenvalue weighted by atomic mass is 19.2. The van der Waals surface area contributed by atoms with Crippen LogP contribution >= 0.6 is 0 Å². The number of benzene rings is 1. The maximum atomic E-state index is 13.2. The Kier molecular flexibility index (Phi) is 4.12. The van der Waals surface area contributed by atoms with Crippen molar-refractivity contribution in [3.05, 3.63) is 33.9 Å². The van der Waals surface area contributed by atoms with Crippen molar-refractivity contribution in [1.82, 2.24) is 0 Å². The molecule has 0 fully saturated rings. The standard InChI is InChI=1S/C9H10F2N2O3/c10-6-2-3-7(13(14)15)9(8(6)11)16-5-1-4-12/h2-3H,1,4-5,12H2. The minimum absolute atomic E-state index is 0.00227. The predicted molar refractivity (Wildman–Crippen MR) is 52.2 cm³/mol. The highest BCUT2D eigenvalue weighted by Gasteiger charge is 2.22. The molecule has 0 unspecified atom stereocenters. The summed E-state index contributed by atoms with van der Waals surface area (Å²) < 4.78 is 30.9. The van der Waals surface area contributed by atoms with E-state index >= 15 is 0 Å². The number of ether oxygens (including phenoxy) is 1. The molecule has 0 aliphatic carbocycles. The van der Waals surface area contributed by atoms with Crippen LogP contribution in [0.15, 0.2) is 12.1 Å². The van der Waals surface area contributed by atoms with Gasteiger partial charge in [-0.2, -0.15) is 4.39 Å². The number of hydrogen-bond donors (Lipinski definition) is 1. The molecule has 1 rings (SSSR count). The second-order valence-corrected chi connectivity index (χ2v) is 2.96. The van der Waals surface area contributed by atoms with E-state index in [4.69, 9.17) is 10.5 Å². The Balaban J connectivity index is 3.01. The molecule has 0 aliphatic rings. The summed E-state index contributed by atoms with van der Waals surface area (Å²) in [6.07, 6.45) is 0.396. The zero-order valence-electron chi connectivity index (χ0n) is 8.28. The van der Waals surface area contributed by atoms with Crippen LogP contribution in [-0.2, 0) is 0 Å². The Morgan fingerprint density at radius 3 is 2.69 bits per heavy atom. The van der Waals surface area contributed by atoms with Crippen molar-refractivity contribution in [3.63, 3.8) is 0 Å². The number of nitrogens with zero attached hydrogens (tertiary/aromatic N) is 1. The van der Waals surface area contributed by atoms with Crippen LogP contribution in [0.1, 0.15) is 6.42 Å². The normalized spacial score (nSPS) is 10.2. The molecule has 0 bridgehead atoms. The van der Waals surface area contributed by atoms with Gasteiger partial charge in [-0.3, -0.25) is 10.1 Å². The summed E-state index contributed by atoms with van der Waals surface area (Å²) >= 11 is 0. The fraction of sp³-hybridized carbons (Fsp3) is 0.333. The van der Waals surface area contributed by atoms with Crippen LogP contribution in [0.4, 0.5) is 14.5 Å². The Labute approximate surface area is 90.0 Å². The minimum atomic E-state index is -1.36. The van der Waals surface area contributed by atoms with E-state index in [1.54, 1.807) is 0 Å². The van der Waals surface area contributed by atoms with Gasteiger partial charge in [-0.25, -0.2) is 4.39 Å². The van der Waals surface area contributed by atoms with E-state index < -0.39 is 28.0 Å². The summed E-state index contributed by atoms with van der Waals surface area (Å²) in [4.78, 5) is 9.70. The Hall–Kier alpha value is -1.76. The van der Waals surface area contributed by atoms with E-state index in [-0.39, 0.29) is 6.61 Å². The zero-order valence-corrected chi connectivity index (χ0v) is 8.28. The first kappa shape index (κ1) is 12.3. The van der Waals surface area contributed by atoms with Gasteiger partial charge < -0.3 is 10.5 Å². The average molecular weight is 232 g/mol. The first-order valence-corrected chi connectivity index (χ1v) is 4.53. The molecular formula is C9H10F2N2O3. The third-order valence-electron chi connectivity index (χ3n) is 1.82. The van der Waals surface area contributed by atoms with Crippen LogP contribution in [0.2, 0.25) is 0 Å². The fourth-order valence-corrected chi connectivity index (χ4v) is 1.06. The third-order valence-corrected chi connectivity index (χ3v) is 1.82. The number of hydrogen-bond acceptors (Lipinski definition) is 4. The molecule has 0 radical (unpaired) electrons. The largest absolute Gasteiger partial charge is 0.485 e. The lowest BCUT2D eigenvalue weighted by Gasteiger charge is -2.07. The zero-order chi connectivity index (χ0) is 12.1. The van der Waals surface area contributed by atoms with Crippen molar-refractivity contribution >= 4 is 5.69 Å². The van der Waals surface area contributed by atoms with E-state index in [1.807, 2.05) is 0 Å². The molecule has 0 spiro atoms. The van der Waals surface area contributed by atoms with Crippen LogP contribution in [0.3, 0.4) is 0 Å². The van der Waals surface area contributed by atoms with E-state index in [1.165, 1.54) is 0 Å². The number of nitrogens with two attached hydrogens (primary N) is 1. The fourth-order valence-electron chi connectivity index (χ4n) is 1.06. The summed E-state index contributed by atoms with van der Waals surface area (Å²) in [6.45, 7) is 0.294. The summed E-state index contributed by atoms with van der Waals surface area (Å²) in [5.74, 6) is -3.22. The van der Waals surface area contributed by atoms with Crippen molar-refractivity contribution in [1.29, 1.82) is 0 Å². The van der Waals surface area contributed by atoms with Crippen molar-refractivity contribution in [3.8, 4) is 5.75 Å². The molecule has 1 aromatic rings. The van der Waals surface area contributed by atoms with Crippen LogP contribution in [-0.4, -0.2) is 18.1 Å². The molecule has 0 heterocycles. The van der Waals surface area contributed by atoms with E-state index in [0.717, 1.165) is 6.07 Å². The Morgan fingerprint density at radius 1 is 1.44 bits per heavy atom. The summed E-state index contributed by atoms with van der Waals surface area (Å²) in [7, 11) is 0. The molecule has 88 valence electrons. The van der Waals surface area contributed by atoms with Gasteiger partial charge >= 0.3 is 5.69 Å². The number of nitro groups is 1. The quantitative estimate of drug-likeness (QED) is 0.475. The third kappa shape index (κ3) is 2.63. The molecule has 7 heteroatoms. The van der Waals surface area contributed by atoms with Crippen LogP contribution < -0.4 is 10.5 Å². The molecule has 0 aromatic heterocycles. The number of rotatable bonds is 5. The van der Waals surface area contributed by atoms with Crippen LogP contribution in [0.5, 0.6) is 5.75 Å². The number of halogens is 2. The van der Waals surface area contributed by atoms with Gasteiger partial charge in [0.15, 0.2) is 5.82 Å². The van der Waals surface area contributed by atoms with Gasteiger partial charge in [-0.15, -0.1) is 0 Å². The molecule has 2 N–H and O–H groups in total. The molecule has 0 saturated carbocycles. The highest BCUT2D eigenvalue weighted by Crippen LogP contribution is 2.31. The number of nitro benzene ring substituents is 1. The van der Waals surface area contributed by atoms with Crippen molar-refractivity contribution < 1.29 is 18.4 Å². The first-order valence-electron chi connectivity index (χ1n) is 4.53. The van der Waals surface area contributed by atoms with Gasteiger partial charge in [-0.1, -0.05) is 0 Å². The van der Waals surface area contributed by atoms with Crippen LogP contribution in [0.25, 0.3) is 0 Å². The second kappa shape index (κ2) is 5.36. The van der Waals surface area contributed by atoms with Gasteiger partial charge in [0, 0.05) is 6.07 Å². The van der Waals surface area contributed by atoms with Gasteiger partial charge in [0.2, 0.25) is 11.6 Å². The maximum Gasteiger partial charge on any atom is 0.314 e. The smallest absolute Gasteiger partial charge is 0.314 e. The monoisotopic (exact) mass is 232 g/mol. The lowest BCUT2D eigenvalue weighted by molar-refractivity contribution is -0.386. The summed E-state index contributed by atoms with van der Waals surface area (Å²) in [6, 6.07) is 1.54. The van der Waals surface area contributed by atoms with E-state index in [2.05, 4.69) is 0 Å². The summed E-state index contributed by atoms with van der Waals surface area (Å²) in [5.41, 5.74) is 4.58.